The monoisotopic (exact) mass is 275 g/mol. The molecule has 0 fully saturated rings. The molecule has 0 atom stereocenters. The molecule has 96 valence electrons. The maximum absolute atomic E-state index is 11.2. The van der Waals surface area contributed by atoms with E-state index in [1.807, 2.05) is 0 Å². The van der Waals surface area contributed by atoms with Crippen molar-refractivity contribution < 1.29 is 9.90 Å². The second kappa shape index (κ2) is 5.40. The summed E-state index contributed by atoms with van der Waals surface area (Å²) in [5.41, 5.74) is 0.918. The third-order valence-corrected chi connectivity index (χ3v) is 2.45. The first kappa shape index (κ1) is 12.9. The van der Waals surface area contributed by atoms with E-state index in [0.29, 0.717) is 11.4 Å². The van der Waals surface area contributed by atoms with Crippen LogP contribution < -0.4 is 5.56 Å². The SMILES string of the molecule is O=C(O)c1ccc(N=Cc2cc(=O)[nH]c(=S)[nH]2)cc1. The molecule has 0 aliphatic carbocycles. The molecule has 2 rings (SSSR count). The van der Waals surface area contributed by atoms with Gasteiger partial charge in [-0.2, -0.15) is 0 Å². The van der Waals surface area contributed by atoms with Crippen LogP contribution in [0.5, 0.6) is 0 Å². The van der Waals surface area contributed by atoms with E-state index in [0.717, 1.165) is 0 Å². The molecule has 0 amide bonds. The van der Waals surface area contributed by atoms with Crippen LogP contribution in [0.15, 0.2) is 40.1 Å². The minimum Gasteiger partial charge on any atom is -0.478 e. The zero-order valence-corrected chi connectivity index (χ0v) is 10.4. The van der Waals surface area contributed by atoms with Gasteiger partial charge in [0, 0.05) is 6.07 Å². The van der Waals surface area contributed by atoms with Gasteiger partial charge in [-0.3, -0.25) is 14.8 Å². The van der Waals surface area contributed by atoms with Crippen molar-refractivity contribution in [2.24, 2.45) is 4.99 Å². The standard InChI is InChI=1S/C12H9N3O3S/c16-10-5-9(14-12(19)15-10)6-13-8-3-1-7(2-4-8)11(17)18/h1-6H,(H,17,18)(H2,14,15,16,19). The van der Waals surface area contributed by atoms with Crippen LogP contribution in [0.2, 0.25) is 0 Å². The largest absolute Gasteiger partial charge is 0.478 e. The molecule has 0 unspecified atom stereocenters. The van der Waals surface area contributed by atoms with Crippen molar-refractivity contribution >= 4 is 30.1 Å². The summed E-state index contributed by atoms with van der Waals surface area (Å²) < 4.78 is 0.218. The summed E-state index contributed by atoms with van der Waals surface area (Å²) >= 11 is 4.83. The first-order valence-corrected chi connectivity index (χ1v) is 5.66. The lowest BCUT2D eigenvalue weighted by Crippen LogP contribution is -2.07. The van der Waals surface area contributed by atoms with Gasteiger partial charge in [-0.1, -0.05) is 0 Å². The lowest BCUT2D eigenvalue weighted by molar-refractivity contribution is 0.0697. The lowest BCUT2D eigenvalue weighted by Gasteiger charge is -1.96. The topological polar surface area (TPSA) is 98.3 Å². The van der Waals surface area contributed by atoms with Gasteiger partial charge in [0.2, 0.25) is 0 Å². The van der Waals surface area contributed by atoms with Crippen molar-refractivity contribution in [2.75, 3.05) is 0 Å². The van der Waals surface area contributed by atoms with Crippen LogP contribution in [-0.2, 0) is 0 Å². The van der Waals surface area contributed by atoms with Crippen LogP contribution in [-0.4, -0.2) is 27.3 Å². The van der Waals surface area contributed by atoms with Crippen molar-refractivity contribution in [2.45, 2.75) is 0 Å². The smallest absolute Gasteiger partial charge is 0.335 e. The fourth-order valence-corrected chi connectivity index (χ4v) is 1.61. The number of nitrogens with zero attached hydrogens (tertiary/aromatic N) is 1. The second-order valence-corrected chi connectivity index (χ2v) is 4.06. The van der Waals surface area contributed by atoms with E-state index in [-0.39, 0.29) is 15.9 Å². The Morgan fingerprint density at radius 1 is 1.26 bits per heavy atom. The molecule has 0 radical (unpaired) electrons. The Kier molecular flexibility index (Phi) is 3.67. The number of carbonyl (C=O) groups is 1. The molecule has 0 aliphatic heterocycles. The summed E-state index contributed by atoms with van der Waals surface area (Å²) in [5, 5.41) is 8.75. The number of rotatable bonds is 3. The summed E-state index contributed by atoms with van der Waals surface area (Å²) in [6.45, 7) is 0. The number of aromatic amines is 2. The van der Waals surface area contributed by atoms with E-state index < -0.39 is 5.97 Å². The lowest BCUT2D eigenvalue weighted by atomic mass is 10.2. The summed E-state index contributed by atoms with van der Waals surface area (Å²) in [6, 6.07) is 7.37. The second-order valence-electron chi connectivity index (χ2n) is 3.65. The highest BCUT2D eigenvalue weighted by molar-refractivity contribution is 7.71. The molecule has 3 N–H and O–H groups in total. The van der Waals surface area contributed by atoms with Gasteiger partial charge in [0.1, 0.15) is 0 Å². The van der Waals surface area contributed by atoms with Gasteiger partial charge >= 0.3 is 5.97 Å². The van der Waals surface area contributed by atoms with E-state index >= 15 is 0 Å². The molecule has 2 aromatic rings. The normalized spacial score (nSPS) is 10.7. The van der Waals surface area contributed by atoms with E-state index in [4.69, 9.17) is 17.3 Å². The van der Waals surface area contributed by atoms with Gasteiger partial charge in [-0.15, -0.1) is 0 Å². The zero-order valence-electron chi connectivity index (χ0n) is 9.58. The van der Waals surface area contributed by atoms with E-state index in [9.17, 15) is 9.59 Å². The Hall–Kier alpha value is -2.54. The molecule has 0 spiro atoms. The van der Waals surface area contributed by atoms with E-state index in [1.165, 1.54) is 24.4 Å². The Labute approximate surface area is 112 Å². The van der Waals surface area contributed by atoms with Crippen LogP contribution in [0.4, 0.5) is 5.69 Å². The number of carboxylic acid groups (broad SMARTS) is 1. The number of H-pyrrole nitrogens is 2. The number of carboxylic acids is 1. The van der Waals surface area contributed by atoms with Crippen molar-refractivity contribution in [1.29, 1.82) is 0 Å². The Bertz CT molecular complexity index is 716. The van der Waals surface area contributed by atoms with Gasteiger partial charge in [0.25, 0.3) is 5.56 Å². The summed E-state index contributed by atoms with van der Waals surface area (Å²) in [4.78, 5) is 31.1. The average Bonchev–Trinajstić information content (AvgIpc) is 2.36. The summed E-state index contributed by atoms with van der Waals surface area (Å²) in [5.74, 6) is -0.991. The van der Waals surface area contributed by atoms with Crippen molar-refractivity contribution in [3.63, 3.8) is 0 Å². The first-order valence-electron chi connectivity index (χ1n) is 5.26. The highest BCUT2D eigenvalue weighted by atomic mass is 32.1. The number of nitrogens with one attached hydrogen (secondary N) is 2. The molecule has 0 saturated carbocycles. The molecular formula is C12H9N3O3S. The molecule has 7 heteroatoms. The highest BCUT2D eigenvalue weighted by Gasteiger charge is 2.00. The zero-order chi connectivity index (χ0) is 13.8. The summed E-state index contributed by atoms with van der Waals surface area (Å²) in [7, 11) is 0. The van der Waals surface area contributed by atoms with Crippen LogP contribution in [0, 0.1) is 4.77 Å². The fourth-order valence-electron chi connectivity index (χ4n) is 1.39. The molecule has 1 aromatic carbocycles. The predicted octanol–water partition coefficient (Wildman–Crippen LogP) is 1.88. The molecular weight excluding hydrogens is 266 g/mol. The molecule has 1 heterocycles. The van der Waals surface area contributed by atoms with Crippen molar-refractivity contribution in [1.82, 2.24) is 9.97 Å². The van der Waals surface area contributed by atoms with Crippen LogP contribution in [0.25, 0.3) is 0 Å². The molecule has 1 aromatic heterocycles. The number of benzene rings is 1. The fraction of sp³-hybridized carbons (Fsp3) is 0. The van der Waals surface area contributed by atoms with Crippen LogP contribution in [0.3, 0.4) is 0 Å². The van der Waals surface area contributed by atoms with Crippen LogP contribution >= 0.6 is 12.2 Å². The van der Waals surface area contributed by atoms with Gasteiger partial charge in [0.05, 0.1) is 23.2 Å². The molecule has 0 saturated heterocycles. The third-order valence-electron chi connectivity index (χ3n) is 2.25. The van der Waals surface area contributed by atoms with Gasteiger partial charge in [0.15, 0.2) is 4.77 Å². The van der Waals surface area contributed by atoms with Gasteiger partial charge in [-0.05, 0) is 36.5 Å². The molecule has 6 nitrogen and oxygen atoms in total. The van der Waals surface area contributed by atoms with E-state index in [1.54, 1.807) is 12.1 Å². The van der Waals surface area contributed by atoms with Crippen molar-refractivity contribution in [3.8, 4) is 0 Å². The Balaban J connectivity index is 2.25. The number of aliphatic imine (C=N–C) groups is 1. The van der Waals surface area contributed by atoms with Gasteiger partial charge < -0.3 is 10.1 Å². The van der Waals surface area contributed by atoms with E-state index in [2.05, 4.69) is 15.0 Å². The summed E-state index contributed by atoms with van der Waals surface area (Å²) in [6.07, 6.45) is 1.45. The number of aromatic nitrogens is 2. The number of hydrogen-bond acceptors (Lipinski definition) is 4. The predicted molar refractivity (Wildman–Crippen MR) is 72.9 cm³/mol. The average molecular weight is 275 g/mol. The van der Waals surface area contributed by atoms with Crippen LogP contribution in [0.1, 0.15) is 16.1 Å². The Morgan fingerprint density at radius 2 is 1.95 bits per heavy atom. The minimum atomic E-state index is -0.991. The number of hydrogen-bond donors (Lipinski definition) is 3. The molecule has 19 heavy (non-hydrogen) atoms. The Morgan fingerprint density at radius 3 is 2.53 bits per heavy atom. The maximum Gasteiger partial charge on any atom is 0.335 e. The minimum absolute atomic E-state index is 0.189. The number of aromatic carboxylic acids is 1. The quantitative estimate of drug-likeness (QED) is 0.588. The maximum atomic E-state index is 11.2. The first-order chi connectivity index (χ1) is 9.04. The molecule has 0 bridgehead atoms. The van der Waals surface area contributed by atoms with Gasteiger partial charge in [-0.25, -0.2) is 4.79 Å². The third kappa shape index (κ3) is 3.46. The molecule has 0 aliphatic rings. The highest BCUT2D eigenvalue weighted by Crippen LogP contribution is 2.12. The van der Waals surface area contributed by atoms with Crippen molar-refractivity contribution in [3.05, 3.63) is 56.7 Å².